The van der Waals surface area contributed by atoms with Gasteiger partial charge in [0.2, 0.25) is 0 Å². The Labute approximate surface area is 195 Å². The quantitative estimate of drug-likeness (QED) is 0.400. The number of rotatable bonds is 10. The summed E-state index contributed by atoms with van der Waals surface area (Å²) in [6.45, 7) is 5.95. The molecule has 32 heavy (non-hydrogen) atoms. The van der Waals surface area contributed by atoms with Gasteiger partial charge in [-0.2, -0.15) is 0 Å². The molecular formula is C28H44N2O2. The summed E-state index contributed by atoms with van der Waals surface area (Å²) in [7, 11) is 0. The fourth-order valence-electron chi connectivity index (χ4n) is 5.51. The van der Waals surface area contributed by atoms with Crippen LogP contribution in [0, 0.1) is 0 Å². The number of benzene rings is 1. The summed E-state index contributed by atoms with van der Waals surface area (Å²) in [6, 6.07) is 8.24. The molecule has 178 valence electrons. The Hall–Kier alpha value is -1.84. The highest BCUT2D eigenvalue weighted by Gasteiger charge is 2.31. The molecule has 2 aliphatic rings. The maximum atomic E-state index is 13.8. The Kier molecular flexibility index (Phi) is 10.1. The lowest BCUT2D eigenvalue weighted by Gasteiger charge is -2.36. The summed E-state index contributed by atoms with van der Waals surface area (Å²) >= 11 is 0. The Morgan fingerprint density at radius 1 is 0.688 bits per heavy atom. The number of carbonyl (C=O) groups excluding carboxylic acids is 2. The Morgan fingerprint density at radius 2 is 1.06 bits per heavy atom. The van der Waals surface area contributed by atoms with Gasteiger partial charge in [0.1, 0.15) is 0 Å². The molecule has 1 aromatic carbocycles. The largest absolute Gasteiger partial charge is 0.336 e. The third kappa shape index (κ3) is 6.36. The number of amides is 2. The molecule has 2 aliphatic carbocycles. The number of hydrogen-bond donors (Lipinski definition) is 0. The second-order valence-corrected chi connectivity index (χ2v) is 9.83. The predicted molar refractivity (Wildman–Crippen MR) is 132 cm³/mol. The molecule has 2 fully saturated rings. The Bertz CT molecular complexity index is 659. The van der Waals surface area contributed by atoms with Gasteiger partial charge < -0.3 is 9.80 Å². The van der Waals surface area contributed by atoms with E-state index < -0.39 is 0 Å². The molecule has 2 amide bonds. The van der Waals surface area contributed by atoms with Crippen LogP contribution in [0.3, 0.4) is 0 Å². The third-order valence-electron chi connectivity index (χ3n) is 7.45. The van der Waals surface area contributed by atoms with Crippen LogP contribution in [0.5, 0.6) is 0 Å². The number of hydrogen-bond acceptors (Lipinski definition) is 2. The van der Waals surface area contributed by atoms with Crippen molar-refractivity contribution in [3.8, 4) is 0 Å². The van der Waals surface area contributed by atoms with Gasteiger partial charge in [0.15, 0.2) is 0 Å². The molecule has 0 N–H and O–H groups in total. The molecule has 4 nitrogen and oxygen atoms in total. The molecule has 2 saturated carbocycles. The summed E-state index contributed by atoms with van der Waals surface area (Å²) in [4.78, 5) is 31.9. The first-order chi connectivity index (χ1) is 15.7. The molecule has 0 radical (unpaired) electrons. The second kappa shape index (κ2) is 13.0. The van der Waals surface area contributed by atoms with Crippen molar-refractivity contribution in [3.63, 3.8) is 0 Å². The van der Waals surface area contributed by atoms with Crippen LogP contribution in [0.15, 0.2) is 24.3 Å². The zero-order valence-corrected chi connectivity index (χ0v) is 20.5. The smallest absolute Gasteiger partial charge is 0.254 e. The van der Waals surface area contributed by atoms with Crippen molar-refractivity contribution >= 4 is 11.8 Å². The topological polar surface area (TPSA) is 40.6 Å². The number of unbranched alkanes of at least 4 members (excludes halogenated alkanes) is 2. The van der Waals surface area contributed by atoms with Crippen molar-refractivity contribution in [3.05, 3.63) is 35.4 Å². The van der Waals surface area contributed by atoms with Crippen molar-refractivity contribution < 1.29 is 9.59 Å². The Morgan fingerprint density at radius 3 is 1.41 bits per heavy atom. The van der Waals surface area contributed by atoms with Crippen molar-refractivity contribution in [2.24, 2.45) is 0 Å². The van der Waals surface area contributed by atoms with E-state index in [-0.39, 0.29) is 11.8 Å². The van der Waals surface area contributed by atoms with Crippen LogP contribution in [0.2, 0.25) is 0 Å². The molecule has 0 atom stereocenters. The van der Waals surface area contributed by atoms with Gasteiger partial charge in [0, 0.05) is 25.2 Å². The molecule has 0 bridgehead atoms. The maximum Gasteiger partial charge on any atom is 0.254 e. The zero-order valence-electron chi connectivity index (χ0n) is 20.5. The second-order valence-electron chi connectivity index (χ2n) is 9.83. The minimum atomic E-state index is 0.0633. The molecule has 4 heteroatoms. The van der Waals surface area contributed by atoms with Crippen LogP contribution in [0.1, 0.15) is 124 Å². The van der Waals surface area contributed by atoms with Crippen LogP contribution in [0.4, 0.5) is 0 Å². The van der Waals surface area contributed by atoms with E-state index in [1.807, 2.05) is 24.3 Å². The first kappa shape index (κ1) is 24.8. The molecule has 3 rings (SSSR count). The monoisotopic (exact) mass is 440 g/mol. The SMILES string of the molecule is CCCCN(C(=O)c1ccccc1C(=O)N(CCCC)C1CCCCC1)C1CCCCC1. The highest BCUT2D eigenvalue weighted by Crippen LogP contribution is 2.28. The van der Waals surface area contributed by atoms with Gasteiger partial charge in [-0.05, 0) is 50.7 Å². The summed E-state index contributed by atoms with van der Waals surface area (Å²) in [5, 5.41) is 0. The molecule has 0 aromatic heterocycles. The van der Waals surface area contributed by atoms with Gasteiger partial charge in [-0.15, -0.1) is 0 Å². The third-order valence-corrected chi connectivity index (χ3v) is 7.45. The molecule has 0 saturated heterocycles. The van der Waals surface area contributed by atoms with Gasteiger partial charge in [-0.25, -0.2) is 0 Å². The van der Waals surface area contributed by atoms with E-state index in [4.69, 9.17) is 0 Å². The van der Waals surface area contributed by atoms with E-state index in [2.05, 4.69) is 23.6 Å². The molecule has 0 aliphatic heterocycles. The molecule has 0 heterocycles. The Balaban J connectivity index is 1.87. The predicted octanol–water partition coefficient (Wildman–Crippen LogP) is 6.84. The maximum absolute atomic E-state index is 13.8. The van der Waals surface area contributed by atoms with Gasteiger partial charge >= 0.3 is 0 Å². The minimum absolute atomic E-state index is 0.0633. The first-order valence-electron chi connectivity index (χ1n) is 13.4. The van der Waals surface area contributed by atoms with Crippen molar-refractivity contribution in [2.75, 3.05) is 13.1 Å². The standard InChI is InChI=1S/C28H44N2O2/c1-3-5-21-29(23-15-9-7-10-16-23)27(31)25-19-13-14-20-26(25)28(32)30(22-6-4-2)24-17-11-8-12-18-24/h13-14,19-20,23-24H,3-12,15-18,21-22H2,1-2H3. The summed E-state index contributed by atoms with van der Waals surface area (Å²) in [5.41, 5.74) is 1.22. The zero-order chi connectivity index (χ0) is 22.8. The fraction of sp³-hybridized carbons (Fsp3) is 0.714. The molecular weight excluding hydrogens is 396 g/mol. The summed E-state index contributed by atoms with van der Waals surface area (Å²) in [5.74, 6) is 0.127. The highest BCUT2D eigenvalue weighted by molar-refractivity contribution is 6.07. The van der Waals surface area contributed by atoms with E-state index in [0.717, 1.165) is 64.5 Å². The summed E-state index contributed by atoms with van der Waals surface area (Å²) < 4.78 is 0. The summed E-state index contributed by atoms with van der Waals surface area (Å²) in [6.07, 6.45) is 15.9. The van der Waals surface area contributed by atoms with Crippen LogP contribution >= 0.6 is 0 Å². The van der Waals surface area contributed by atoms with E-state index in [9.17, 15) is 9.59 Å². The van der Waals surface area contributed by atoms with Crippen LogP contribution in [-0.2, 0) is 0 Å². The molecule has 0 unspecified atom stereocenters. The van der Waals surface area contributed by atoms with Gasteiger partial charge in [0.05, 0.1) is 11.1 Å². The van der Waals surface area contributed by atoms with Gasteiger partial charge in [-0.1, -0.05) is 77.3 Å². The van der Waals surface area contributed by atoms with Crippen molar-refractivity contribution in [1.29, 1.82) is 0 Å². The van der Waals surface area contributed by atoms with E-state index in [1.165, 1.54) is 38.5 Å². The lowest BCUT2D eigenvalue weighted by molar-refractivity contribution is 0.0590. The number of carbonyl (C=O) groups is 2. The van der Waals surface area contributed by atoms with Crippen molar-refractivity contribution in [1.82, 2.24) is 9.80 Å². The highest BCUT2D eigenvalue weighted by atomic mass is 16.2. The molecule has 1 aromatic rings. The normalized spacial score (nSPS) is 17.8. The average molecular weight is 441 g/mol. The van der Waals surface area contributed by atoms with Crippen LogP contribution in [-0.4, -0.2) is 46.8 Å². The first-order valence-corrected chi connectivity index (χ1v) is 13.4. The number of nitrogens with zero attached hydrogens (tertiary/aromatic N) is 2. The van der Waals surface area contributed by atoms with Crippen LogP contribution in [0.25, 0.3) is 0 Å². The lowest BCUT2D eigenvalue weighted by Crippen LogP contribution is -2.45. The van der Waals surface area contributed by atoms with Gasteiger partial charge in [-0.3, -0.25) is 9.59 Å². The van der Waals surface area contributed by atoms with E-state index in [0.29, 0.717) is 23.2 Å². The minimum Gasteiger partial charge on any atom is -0.336 e. The fourth-order valence-corrected chi connectivity index (χ4v) is 5.51. The van der Waals surface area contributed by atoms with Gasteiger partial charge in [0.25, 0.3) is 11.8 Å². The lowest BCUT2D eigenvalue weighted by atomic mass is 9.92. The van der Waals surface area contributed by atoms with E-state index >= 15 is 0 Å². The average Bonchev–Trinajstić information content (AvgIpc) is 2.85. The van der Waals surface area contributed by atoms with Crippen LogP contribution < -0.4 is 0 Å². The van der Waals surface area contributed by atoms with Crippen molar-refractivity contribution in [2.45, 2.75) is 116 Å². The molecule has 0 spiro atoms. The van der Waals surface area contributed by atoms with E-state index in [1.54, 1.807) is 0 Å².